The van der Waals surface area contributed by atoms with E-state index in [9.17, 15) is 4.79 Å². The van der Waals surface area contributed by atoms with Gasteiger partial charge in [-0.05, 0) is 31.2 Å². The molecule has 144 valence electrons. The maximum absolute atomic E-state index is 12.7. The van der Waals surface area contributed by atoms with E-state index in [1.807, 2.05) is 42.6 Å². The van der Waals surface area contributed by atoms with Crippen molar-refractivity contribution in [3.05, 3.63) is 64.5 Å². The van der Waals surface area contributed by atoms with Gasteiger partial charge >= 0.3 is 0 Å². The molecule has 3 aromatic rings. The van der Waals surface area contributed by atoms with Crippen LogP contribution in [0, 0.1) is 6.92 Å². The summed E-state index contributed by atoms with van der Waals surface area (Å²) in [5.74, 6) is 0.523. The molecule has 0 aliphatic carbocycles. The molecule has 0 atom stereocenters. The van der Waals surface area contributed by atoms with Crippen molar-refractivity contribution in [1.29, 1.82) is 0 Å². The molecule has 2 aromatic carbocycles. The van der Waals surface area contributed by atoms with E-state index in [-0.39, 0.29) is 5.91 Å². The molecular formula is C21H20N2O4S. The fraction of sp³-hybridized carbons (Fsp3) is 0.238. The molecule has 0 saturated carbocycles. The molecular weight excluding hydrogens is 376 g/mol. The number of carbonyl (C=O) groups excluding carboxylic acids is 1. The average molecular weight is 396 g/mol. The Labute approximate surface area is 167 Å². The minimum Gasteiger partial charge on any atom is -0.496 e. The summed E-state index contributed by atoms with van der Waals surface area (Å²) in [4.78, 5) is 17.2. The van der Waals surface area contributed by atoms with Gasteiger partial charge in [-0.3, -0.25) is 10.1 Å². The summed E-state index contributed by atoms with van der Waals surface area (Å²) in [6, 6.07) is 13.2. The number of hydrogen-bond acceptors (Lipinski definition) is 6. The van der Waals surface area contributed by atoms with Crippen LogP contribution in [0.3, 0.4) is 0 Å². The first-order chi connectivity index (χ1) is 13.6. The molecule has 4 rings (SSSR count). The third-order valence-electron chi connectivity index (χ3n) is 4.40. The molecule has 1 fully saturated rings. The van der Waals surface area contributed by atoms with Gasteiger partial charge in [0.05, 0.1) is 26.0 Å². The Morgan fingerprint density at radius 1 is 1.21 bits per heavy atom. The van der Waals surface area contributed by atoms with Gasteiger partial charge < -0.3 is 14.2 Å². The summed E-state index contributed by atoms with van der Waals surface area (Å²) in [5, 5.41) is 5.30. The summed E-state index contributed by atoms with van der Waals surface area (Å²) in [5.41, 5.74) is 4.14. The molecule has 1 aliphatic rings. The van der Waals surface area contributed by atoms with E-state index < -0.39 is 6.29 Å². The van der Waals surface area contributed by atoms with Crippen molar-refractivity contribution in [3.63, 3.8) is 0 Å². The molecule has 1 saturated heterocycles. The maximum atomic E-state index is 12.7. The Kier molecular flexibility index (Phi) is 5.38. The Balaban J connectivity index is 1.52. The van der Waals surface area contributed by atoms with Gasteiger partial charge in [-0.25, -0.2) is 4.98 Å². The number of hydrogen-bond donors (Lipinski definition) is 1. The van der Waals surface area contributed by atoms with Crippen LogP contribution in [0.4, 0.5) is 5.13 Å². The van der Waals surface area contributed by atoms with Crippen LogP contribution in [-0.2, 0) is 9.47 Å². The molecule has 6 nitrogen and oxygen atoms in total. The first-order valence-corrected chi connectivity index (χ1v) is 9.77. The van der Waals surface area contributed by atoms with Crippen molar-refractivity contribution in [1.82, 2.24) is 4.98 Å². The highest BCUT2D eigenvalue weighted by Gasteiger charge is 2.20. The number of rotatable bonds is 5. The predicted octanol–water partition coefficient (Wildman–Crippen LogP) is 4.42. The molecule has 28 heavy (non-hydrogen) atoms. The lowest BCUT2D eigenvalue weighted by atomic mass is 10.1. The molecule has 7 heteroatoms. The van der Waals surface area contributed by atoms with E-state index in [1.54, 1.807) is 19.2 Å². The smallest absolute Gasteiger partial charge is 0.257 e. The van der Waals surface area contributed by atoms with E-state index in [1.165, 1.54) is 11.3 Å². The fourth-order valence-corrected chi connectivity index (χ4v) is 3.73. The second kappa shape index (κ2) is 8.10. The standard InChI is InChI=1S/C21H20N2O4S/c1-13-6-7-18(25-2)16(10-13)17-12-28-21(22-17)23-19(24)14-4-3-5-15(11-14)20-26-8-9-27-20/h3-7,10-12,20H,8-9H2,1-2H3,(H,22,23,24). The zero-order valence-electron chi connectivity index (χ0n) is 15.6. The number of aromatic nitrogens is 1. The number of amides is 1. The van der Waals surface area contributed by atoms with Crippen LogP contribution in [-0.4, -0.2) is 31.2 Å². The first kappa shape index (κ1) is 18.6. The van der Waals surface area contributed by atoms with Gasteiger partial charge in [-0.1, -0.05) is 23.8 Å². The number of aryl methyl sites for hydroxylation is 1. The van der Waals surface area contributed by atoms with Gasteiger partial charge in [-0.15, -0.1) is 11.3 Å². The zero-order chi connectivity index (χ0) is 19.5. The number of methoxy groups -OCH3 is 1. The summed E-state index contributed by atoms with van der Waals surface area (Å²) in [7, 11) is 1.63. The van der Waals surface area contributed by atoms with Crippen molar-refractivity contribution >= 4 is 22.4 Å². The highest BCUT2D eigenvalue weighted by molar-refractivity contribution is 7.14. The summed E-state index contributed by atoms with van der Waals surface area (Å²) in [6.45, 7) is 3.14. The van der Waals surface area contributed by atoms with Crippen LogP contribution < -0.4 is 10.1 Å². The predicted molar refractivity (Wildman–Crippen MR) is 108 cm³/mol. The Morgan fingerprint density at radius 2 is 2.04 bits per heavy atom. The number of nitrogens with zero attached hydrogens (tertiary/aromatic N) is 1. The molecule has 1 amide bonds. The minimum absolute atomic E-state index is 0.225. The third kappa shape index (κ3) is 3.91. The largest absolute Gasteiger partial charge is 0.496 e. The average Bonchev–Trinajstić information content (AvgIpc) is 3.40. The molecule has 0 bridgehead atoms. The van der Waals surface area contributed by atoms with Crippen LogP contribution >= 0.6 is 11.3 Å². The second-order valence-corrected chi connectivity index (χ2v) is 7.25. The summed E-state index contributed by atoms with van der Waals surface area (Å²) >= 11 is 1.37. The van der Waals surface area contributed by atoms with Crippen LogP contribution in [0.2, 0.25) is 0 Å². The topological polar surface area (TPSA) is 69.7 Å². The van der Waals surface area contributed by atoms with Crippen molar-refractivity contribution in [3.8, 4) is 17.0 Å². The van der Waals surface area contributed by atoms with E-state index in [2.05, 4.69) is 10.3 Å². The number of anilines is 1. The lowest BCUT2D eigenvalue weighted by molar-refractivity contribution is -0.0441. The number of carbonyl (C=O) groups is 1. The van der Waals surface area contributed by atoms with Gasteiger partial charge in [-0.2, -0.15) is 0 Å². The number of ether oxygens (including phenoxy) is 3. The molecule has 1 aliphatic heterocycles. The molecule has 0 radical (unpaired) electrons. The van der Waals surface area contributed by atoms with Crippen molar-refractivity contribution in [2.24, 2.45) is 0 Å². The van der Waals surface area contributed by atoms with Crippen molar-refractivity contribution < 1.29 is 19.0 Å². The Bertz CT molecular complexity index is 996. The van der Waals surface area contributed by atoms with Gasteiger partial charge in [0, 0.05) is 22.1 Å². The van der Waals surface area contributed by atoms with Gasteiger partial charge in [0.25, 0.3) is 5.91 Å². The third-order valence-corrected chi connectivity index (χ3v) is 5.16. The van der Waals surface area contributed by atoms with Crippen LogP contribution in [0.5, 0.6) is 5.75 Å². The number of nitrogens with one attached hydrogen (secondary N) is 1. The molecule has 0 spiro atoms. The second-order valence-electron chi connectivity index (χ2n) is 6.39. The van der Waals surface area contributed by atoms with Gasteiger partial charge in [0.1, 0.15) is 5.75 Å². The van der Waals surface area contributed by atoms with Crippen molar-refractivity contribution in [2.75, 3.05) is 25.6 Å². The van der Waals surface area contributed by atoms with E-state index in [4.69, 9.17) is 14.2 Å². The lowest BCUT2D eigenvalue weighted by Gasteiger charge is -2.10. The zero-order valence-corrected chi connectivity index (χ0v) is 16.4. The highest BCUT2D eigenvalue weighted by Crippen LogP contribution is 2.33. The number of thiazole rings is 1. The normalized spacial score (nSPS) is 14.2. The van der Waals surface area contributed by atoms with Gasteiger partial charge in [0.2, 0.25) is 0 Å². The SMILES string of the molecule is COc1ccc(C)cc1-c1csc(NC(=O)c2cccc(C3OCCO3)c2)n1. The van der Waals surface area contributed by atoms with Gasteiger partial charge in [0.15, 0.2) is 11.4 Å². The fourth-order valence-electron chi connectivity index (χ4n) is 3.02. The first-order valence-electron chi connectivity index (χ1n) is 8.89. The summed E-state index contributed by atoms with van der Waals surface area (Å²) < 4.78 is 16.4. The quantitative estimate of drug-likeness (QED) is 0.691. The van der Waals surface area contributed by atoms with Crippen LogP contribution in [0.15, 0.2) is 47.8 Å². The molecule has 0 unspecified atom stereocenters. The summed E-state index contributed by atoms with van der Waals surface area (Å²) in [6.07, 6.45) is -0.409. The monoisotopic (exact) mass is 396 g/mol. The lowest BCUT2D eigenvalue weighted by Crippen LogP contribution is -2.12. The van der Waals surface area contributed by atoms with Crippen LogP contribution in [0.1, 0.15) is 27.8 Å². The highest BCUT2D eigenvalue weighted by atomic mass is 32.1. The molecule has 1 aromatic heterocycles. The van der Waals surface area contributed by atoms with E-state index in [0.717, 1.165) is 28.1 Å². The maximum Gasteiger partial charge on any atom is 0.257 e. The molecule has 2 heterocycles. The number of benzene rings is 2. The van der Waals surface area contributed by atoms with Crippen LogP contribution in [0.25, 0.3) is 11.3 Å². The Morgan fingerprint density at radius 3 is 2.82 bits per heavy atom. The minimum atomic E-state index is -0.409. The van der Waals surface area contributed by atoms with Crippen molar-refractivity contribution in [2.45, 2.75) is 13.2 Å². The van der Waals surface area contributed by atoms with E-state index in [0.29, 0.717) is 23.9 Å². The Hall–Kier alpha value is -2.74. The molecule has 1 N–H and O–H groups in total. The van der Waals surface area contributed by atoms with E-state index >= 15 is 0 Å².